The number of halogens is 1. The molecule has 14 nitrogen and oxygen atoms in total. The van der Waals surface area contributed by atoms with Gasteiger partial charge in [0.1, 0.15) is 17.8 Å². The van der Waals surface area contributed by atoms with Crippen LogP contribution in [0.3, 0.4) is 0 Å². The molecule has 5 saturated heterocycles. The summed E-state index contributed by atoms with van der Waals surface area (Å²) < 4.78 is 0. The molecule has 1 N–H and O–H groups in total. The lowest BCUT2D eigenvalue weighted by atomic mass is 9.76. The predicted octanol–water partition coefficient (Wildman–Crippen LogP) is 3.54. The molecule has 5 amide bonds. The number of nitrogens with zero attached hydrogens (tertiary/aromatic N) is 8. The van der Waals surface area contributed by atoms with Gasteiger partial charge in [-0.15, -0.1) is 0 Å². The second kappa shape index (κ2) is 14.5. The van der Waals surface area contributed by atoms with Crippen molar-refractivity contribution in [3.8, 4) is 6.07 Å². The number of piperidine rings is 2. The Kier molecular flexibility index (Phi) is 9.40. The van der Waals surface area contributed by atoms with E-state index in [1.807, 2.05) is 41.4 Å². The molecule has 6 aliphatic rings. The van der Waals surface area contributed by atoms with Gasteiger partial charge in [-0.05, 0) is 86.6 Å². The van der Waals surface area contributed by atoms with Gasteiger partial charge < -0.3 is 19.6 Å². The van der Waals surface area contributed by atoms with Crippen LogP contribution in [0.2, 0.25) is 5.02 Å². The third-order valence-corrected chi connectivity index (χ3v) is 13.4. The second-order valence-electron chi connectivity index (χ2n) is 16.4. The van der Waals surface area contributed by atoms with Crippen molar-refractivity contribution in [1.29, 1.82) is 5.26 Å². The molecule has 2 aromatic carbocycles. The van der Waals surface area contributed by atoms with Gasteiger partial charge in [0.25, 0.3) is 17.7 Å². The van der Waals surface area contributed by atoms with Gasteiger partial charge in [0.05, 0.1) is 33.6 Å². The number of rotatable bonds is 6. The topological polar surface area (TPSA) is 154 Å². The van der Waals surface area contributed by atoms with Gasteiger partial charge in [0.2, 0.25) is 11.8 Å². The van der Waals surface area contributed by atoms with Gasteiger partial charge in [0.15, 0.2) is 0 Å². The van der Waals surface area contributed by atoms with E-state index in [9.17, 15) is 29.2 Å². The largest absolute Gasteiger partial charge is 0.370 e. The molecule has 1 aromatic heterocycles. The van der Waals surface area contributed by atoms with Crippen molar-refractivity contribution in [2.24, 2.45) is 5.41 Å². The first-order chi connectivity index (χ1) is 27.5. The minimum absolute atomic E-state index is 0.0549. The Bertz CT molecular complexity index is 2200. The third-order valence-electron chi connectivity index (χ3n) is 13.1. The van der Waals surface area contributed by atoms with Crippen LogP contribution in [0.4, 0.5) is 17.1 Å². The van der Waals surface area contributed by atoms with E-state index in [-0.39, 0.29) is 35.3 Å². The first kappa shape index (κ1) is 37.1. The number of benzene rings is 2. The quantitative estimate of drug-likeness (QED) is 0.365. The molecule has 1 unspecified atom stereocenters. The normalized spacial score (nSPS) is 23.8. The molecule has 3 aromatic rings. The molecule has 0 bridgehead atoms. The van der Waals surface area contributed by atoms with E-state index in [1.54, 1.807) is 18.2 Å². The smallest absolute Gasteiger partial charge is 0.272 e. The molecular formula is C42H44ClN9O5. The highest BCUT2D eigenvalue weighted by molar-refractivity contribution is 6.32. The number of carbonyl (C=O) groups is 5. The molecule has 5 fully saturated rings. The van der Waals surface area contributed by atoms with Crippen LogP contribution in [-0.4, -0.2) is 126 Å². The minimum Gasteiger partial charge on any atom is -0.370 e. The Morgan fingerprint density at radius 3 is 2.28 bits per heavy atom. The molecule has 6 aliphatic heterocycles. The molecule has 2 atom stereocenters. The van der Waals surface area contributed by atoms with Crippen molar-refractivity contribution < 1.29 is 24.0 Å². The standard InChI is InChI=1S/C42H44ClN9O5/c1-26-20-42(25-51(26)29-3-2-27(21-44)34(43)19-29)10-12-47(13-11-42)30-5-7-35(45-22-30)41(57)49-16-14-48(15-17-49)31-23-50(24-31)28-4-6-32-33(18-28)40(56)52(39(32)55)36-8-9-37(53)46-38(36)54/h2-7,18-19,22,26,31,36H,8-17,20,23-25H2,1H3,(H,46,53,54)/t26-,36?/m0/s1. The average molecular weight is 790 g/mol. The molecule has 57 heavy (non-hydrogen) atoms. The lowest BCUT2D eigenvalue weighted by molar-refractivity contribution is -0.136. The van der Waals surface area contributed by atoms with Crippen molar-refractivity contribution in [2.75, 3.05) is 73.6 Å². The Morgan fingerprint density at radius 1 is 0.877 bits per heavy atom. The number of imide groups is 2. The number of carbonyl (C=O) groups excluding carboxylic acids is 5. The molecule has 0 aliphatic carbocycles. The Hall–Kier alpha value is -5.52. The van der Waals surface area contributed by atoms with Gasteiger partial charge in [-0.3, -0.25) is 39.1 Å². The summed E-state index contributed by atoms with van der Waals surface area (Å²) in [5, 5.41) is 12.0. The van der Waals surface area contributed by atoms with Crippen LogP contribution in [0.1, 0.15) is 75.8 Å². The number of nitriles is 1. The first-order valence-corrected chi connectivity index (χ1v) is 20.2. The van der Waals surface area contributed by atoms with Crippen molar-refractivity contribution in [3.05, 3.63) is 82.1 Å². The fourth-order valence-corrected chi connectivity index (χ4v) is 9.96. The van der Waals surface area contributed by atoms with Crippen LogP contribution >= 0.6 is 11.6 Å². The average Bonchev–Trinajstić information content (AvgIpc) is 3.65. The lowest BCUT2D eigenvalue weighted by Crippen LogP contribution is -2.63. The van der Waals surface area contributed by atoms with E-state index in [4.69, 9.17) is 11.6 Å². The van der Waals surface area contributed by atoms with E-state index in [0.29, 0.717) is 41.5 Å². The number of amides is 5. The SMILES string of the molecule is C[C@H]1CC2(CCN(c3ccc(C(=O)N4CCN(C5CN(c6ccc7c(c6)C(=O)N(C6CCC(=O)NC6=O)C7=O)C5)CC4)nc3)CC2)CN1c1ccc(C#N)c(Cl)c1. The Balaban J connectivity index is 0.741. The second-order valence-corrected chi connectivity index (χ2v) is 16.8. The summed E-state index contributed by atoms with van der Waals surface area (Å²) in [6.07, 6.45) is 5.30. The summed E-state index contributed by atoms with van der Waals surface area (Å²) in [5.41, 5.74) is 4.68. The summed E-state index contributed by atoms with van der Waals surface area (Å²) in [7, 11) is 0. The predicted molar refractivity (Wildman–Crippen MR) is 212 cm³/mol. The minimum atomic E-state index is -0.987. The number of fused-ring (bicyclic) bond motifs is 1. The molecule has 9 rings (SSSR count). The van der Waals surface area contributed by atoms with Crippen molar-refractivity contribution >= 4 is 58.2 Å². The number of anilines is 3. The van der Waals surface area contributed by atoms with Crippen molar-refractivity contribution in [3.63, 3.8) is 0 Å². The zero-order valence-corrected chi connectivity index (χ0v) is 32.6. The third kappa shape index (κ3) is 6.66. The van der Waals surface area contributed by atoms with Gasteiger partial charge in [-0.2, -0.15) is 5.26 Å². The summed E-state index contributed by atoms with van der Waals surface area (Å²) >= 11 is 6.37. The van der Waals surface area contributed by atoms with E-state index in [2.05, 4.69) is 42.9 Å². The maximum absolute atomic E-state index is 13.5. The highest BCUT2D eigenvalue weighted by Crippen LogP contribution is 2.46. The number of nitrogens with one attached hydrogen (secondary N) is 1. The van der Waals surface area contributed by atoms with Crippen LogP contribution in [-0.2, 0) is 9.59 Å². The fraction of sp³-hybridized carbons (Fsp3) is 0.452. The lowest BCUT2D eigenvalue weighted by Gasteiger charge is -2.49. The van der Waals surface area contributed by atoms with E-state index in [1.165, 1.54) is 0 Å². The summed E-state index contributed by atoms with van der Waals surface area (Å²) in [4.78, 5) is 80.8. The highest BCUT2D eigenvalue weighted by atomic mass is 35.5. The van der Waals surface area contributed by atoms with Gasteiger partial charge in [-0.1, -0.05) is 11.6 Å². The molecule has 1 spiro atoms. The highest BCUT2D eigenvalue weighted by Gasteiger charge is 2.46. The van der Waals surface area contributed by atoms with Crippen LogP contribution in [0.15, 0.2) is 54.7 Å². The fourth-order valence-electron chi connectivity index (χ4n) is 9.74. The van der Waals surface area contributed by atoms with Gasteiger partial charge >= 0.3 is 0 Å². The molecule has 0 saturated carbocycles. The van der Waals surface area contributed by atoms with Crippen LogP contribution < -0.4 is 20.0 Å². The molecule has 0 radical (unpaired) electrons. The Morgan fingerprint density at radius 2 is 1.60 bits per heavy atom. The zero-order chi connectivity index (χ0) is 39.6. The first-order valence-electron chi connectivity index (χ1n) is 19.8. The van der Waals surface area contributed by atoms with E-state index < -0.39 is 29.7 Å². The molecule has 15 heteroatoms. The Labute approximate surface area is 335 Å². The van der Waals surface area contributed by atoms with Crippen LogP contribution in [0.5, 0.6) is 0 Å². The molecular weight excluding hydrogens is 746 g/mol. The van der Waals surface area contributed by atoms with E-state index >= 15 is 0 Å². The van der Waals surface area contributed by atoms with Crippen LogP contribution in [0, 0.1) is 16.7 Å². The summed E-state index contributed by atoms with van der Waals surface area (Å²) in [5.74, 6) is -2.09. The maximum atomic E-state index is 13.5. The number of piperazine rings is 1. The monoisotopic (exact) mass is 789 g/mol. The number of hydrogen-bond donors (Lipinski definition) is 1. The molecule has 7 heterocycles. The number of aromatic nitrogens is 1. The van der Waals surface area contributed by atoms with Gasteiger partial charge in [0, 0.05) is 88.8 Å². The molecule has 294 valence electrons. The summed E-state index contributed by atoms with van der Waals surface area (Å²) in [6, 6.07) is 16.7. The maximum Gasteiger partial charge on any atom is 0.272 e. The van der Waals surface area contributed by atoms with Crippen molar-refractivity contribution in [1.82, 2.24) is 25.0 Å². The van der Waals surface area contributed by atoms with E-state index in [0.717, 1.165) is 87.0 Å². The zero-order valence-electron chi connectivity index (χ0n) is 31.8. The van der Waals surface area contributed by atoms with Crippen molar-refractivity contribution in [2.45, 2.75) is 57.2 Å². The number of pyridine rings is 1. The number of hydrogen-bond acceptors (Lipinski definition) is 11. The summed E-state index contributed by atoms with van der Waals surface area (Å²) in [6.45, 7) is 9.35. The van der Waals surface area contributed by atoms with Crippen LogP contribution in [0.25, 0.3) is 0 Å². The van der Waals surface area contributed by atoms with Gasteiger partial charge in [-0.25, -0.2) is 4.98 Å².